The molecule has 0 aliphatic carbocycles. The first-order valence-corrected chi connectivity index (χ1v) is 7.69. The van der Waals surface area contributed by atoms with E-state index in [0.717, 1.165) is 12.5 Å². The Labute approximate surface area is 117 Å². The van der Waals surface area contributed by atoms with E-state index in [0.29, 0.717) is 11.4 Å². The van der Waals surface area contributed by atoms with Crippen LogP contribution in [0.25, 0.3) is 0 Å². The Morgan fingerprint density at radius 1 is 1.37 bits per heavy atom. The lowest BCUT2D eigenvalue weighted by atomic mass is 10.1. The van der Waals surface area contributed by atoms with Crippen LogP contribution in [-0.2, 0) is 14.8 Å². The Balaban J connectivity index is 2.94. The van der Waals surface area contributed by atoms with E-state index in [1.165, 1.54) is 0 Å². The van der Waals surface area contributed by atoms with Gasteiger partial charge in [0.05, 0.1) is 0 Å². The number of aliphatic carboxylic acids is 1. The van der Waals surface area contributed by atoms with Crippen LogP contribution < -0.4 is 4.72 Å². The summed E-state index contributed by atoms with van der Waals surface area (Å²) in [6, 6.07) is 6.28. The van der Waals surface area contributed by atoms with Gasteiger partial charge in [0, 0.05) is 11.1 Å². The molecule has 0 heterocycles. The molecule has 0 bridgehead atoms. The van der Waals surface area contributed by atoms with E-state index in [9.17, 15) is 13.2 Å². The highest BCUT2D eigenvalue weighted by molar-refractivity contribution is 7.90. The van der Waals surface area contributed by atoms with Gasteiger partial charge < -0.3 is 5.11 Å². The van der Waals surface area contributed by atoms with Crippen molar-refractivity contribution in [2.45, 2.75) is 31.6 Å². The van der Waals surface area contributed by atoms with Gasteiger partial charge in [0.1, 0.15) is 0 Å². The lowest BCUT2D eigenvalue weighted by Gasteiger charge is -2.19. The molecule has 2 unspecified atom stereocenters. The number of sulfonamides is 1. The number of benzene rings is 1. The Hall–Kier alpha value is -1.11. The van der Waals surface area contributed by atoms with Gasteiger partial charge in [-0.1, -0.05) is 30.7 Å². The van der Waals surface area contributed by atoms with E-state index < -0.39 is 27.3 Å². The van der Waals surface area contributed by atoms with Crippen molar-refractivity contribution in [2.24, 2.45) is 0 Å². The van der Waals surface area contributed by atoms with E-state index in [4.69, 9.17) is 16.7 Å². The molecular formula is C12H16ClNO4S. The van der Waals surface area contributed by atoms with Crippen molar-refractivity contribution < 1.29 is 18.3 Å². The average Bonchev–Trinajstić information content (AvgIpc) is 2.36. The quantitative estimate of drug-likeness (QED) is 0.844. The van der Waals surface area contributed by atoms with Crippen LogP contribution in [0.4, 0.5) is 0 Å². The maximum Gasteiger partial charge on any atom is 0.323 e. The molecule has 7 heteroatoms. The monoisotopic (exact) mass is 305 g/mol. The third kappa shape index (κ3) is 4.19. The largest absolute Gasteiger partial charge is 0.480 e. The summed E-state index contributed by atoms with van der Waals surface area (Å²) in [4.78, 5) is 10.8. The van der Waals surface area contributed by atoms with Gasteiger partial charge >= 0.3 is 5.97 Å². The lowest BCUT2D eigenvalue weighted by Crippen LogP contribution is -2.39. The van der Waals surface area contributed by atoms with Crippen LogP contribution in [0.1, 0.15) is 31.9 Å². The molecule has 5 nitrogen and oxygen atoms in total. The van der Waals surface area contributed by atoms with E-state index in [-0.39, 0.29) is 0 Å². The fourth-order valence-electron chi connectivity index (χ4n) is 1.52. The molecule has 19 heavy (non-hydrogen) atoms. The van der Waals surface area contributed by atoms with Crippen molar-refractivity contribution in [3.05, 3.63) is 34.9 Å². The van der Waals surface area contributed by atoms with Gasteiger partial charge in [-0.15, -0.1) is 0 Å². The maximum atomic E-state index is 11.9. The summed E-state index contributed by atoms with van der Waals surface area (Å²) in [5.41, 5.74) is 0.744. The number of carboxylic acids is 1. The molecule has 0 aromatic heterocycles. The van der Waals surface area contributed by atoms with E-state index in [2.05, 4.69) is 4.72 Å². The smallest absolute Gasteiger partial charge is 0.323 e. The molecule has 2 N–H and O–H groups in total. The summed E-state index contributed by atoms with van der Waals surface area (Å²) in [5.74, 6) is -1.38. The van der Waals surface area contributed by atoms with Crippen molar-refractivity contribution in [1.82, 2.24) is 4.72 Å². The number of nitrogens with one attached hydrogen (secondary N) is 1. The normalized spacial score (nSPS) is 14.9. The van der Waals surface area contributed by atoms with Crippen LogP contribution in [0.2, 0.25) is 5.02 Å². The summed E-state index contributed by atoms with van der Waals surface area (Å²) in [6.45, 7) is 2.95. The minimum Gasteiger partial charge on any atom is -0.480 e. The van der Waals surface area contributed by atoms with Crippen LogP contribution in [0.5, 0.6) is 0 Å². The SMILES string of the molecule is CCC(NS(=O)(=O)C(C)C(=O)O)c1ccc(Cl)cc1. The number of rotatable bonds is 6. The molecule has 0 fully saturated rings. The first-order valence-electron chi connectivity index (χ1n) is 5.77. The fraction of sp³-hybridized carbons (Fsp3) is 0.417. The Bertz CT molecular complexity index is 541. The molecule has 0 aliphatic heterocycles. The van der Waals surface area contributed by atoms with Crippen molar-refractivity contribution in [1.29, 1.82) is 0 Å². The molecule has 0 saturated carbocycles. The number of halogens is 1. The molecule has 1 rings (SSSR count). The Kier molecular flexibility index (Phi) is 5.34. The van der Waals surface area contributed by atoms with E-state index >= 15 is 0 Å². The van der Waals surface area contributed by atoms with Gasteiger partial charge in [-0.2, -0.15) is 0 Å². The predicted molar refractivity (Wildman–Crippen MR) is 73.6 cm³/mol. The summed E-state index contributed by atoms with van der Waals surface area (Å²) in [7, 11) is -3.91. The van der Waals surface area contributed by atoms with Gasteiger partial charge in [0.25, 0.3) is 0 Å². The molecular weight excluding hydrogens is 290 g/mol. The third-order valence-corrected chi connectivity index (χ3v) is 4.80. The summed E-state index contributed by atoms with van der Waals surface area (Å²) in [6.07, 6.45) is 0.507. The number of hydrogen-bond acceptors (Lipinski definition) is 3. The summed E-state index contributed by atoms with van der Waals surface area (Å²) >= 11 is 5.77. The van der Waals surface area contributed by atoms with Gasteiger partial charge in [0.2, 0.25) is 10.0 Å². The van der Waals surface area contributed by atoms with Crippen LogP contribution in [-0.4, -0.2) is 24.7 Å². The lowest BCUT2D eigenvalue weighted by molar-refractivity contribution is -0.136. The van der Waals surface area contributed by atoms with Gasteiger partial charge in [0.15, 0.2) is 5.25 Å². The Morgan fingerprint density at radius 2 is 1.89 bits per heavy atom. The topological polar surface area (TPSA) is 83.5 Å². The summed E-state index contributed by atoms with van der Waals surface area (Å²) < 4.78 is 26.1. The third-order valence-electron chi connectivity index (χ3n) is 2.80. The molecule has 0 radical (unpaired) electrons. The minimum absolute atomic E-state index is 0.468. The standard InChI is InChI=1S/C12H16ClNO4S/c1-3-11(9-4-6-10(13)7-5-9)14-19(17,18)8(2)12(15)16/h4-8,11,14H,3H2,1-2H3,(H,15,16). The maximum absolute atomic E-state index is 11.9. The van der Waals surface area contributed by atoms with Crippen LogP contribution in [0, 0.1) is 0 Å². The first kappa shape index (κ1) is 15.9. The van der Waals surface area contributed by atoms with Crippen LogP contribution in [0.3, 0.4) is 0 Å². The zero-order valence-corrected chi connectivity index (χ0v) is 12.2. The molecule has 2 atom stereocenters. The predicted octanol–water partition coefficient (Wildman–Crippen LogP) is 2.18. The second-order valence-corrected chi connectivity index (χ2v) is 6.62. The van der Waals surface area contributed by atoms with Gasteiger partial charge in [-0.25, -0.2) is 13.1 Å². The fourth-order valence-corrected chi connectivity index (χ4v) is 2.81. The summed E-state index contributed by atoms with van der Waals surface area (Å²) in [5, 5.41) is 7.84. The zero-order valence-electron chi connectivity index (χ0n) is 10.6. The Morgan fingerprint density at radius 3 is 2.32 bits per heavy atom. The van der Waals surface area contributed by atoms with E-state index in [1.807, 2.05) is 6.92 Å². The van der Waals surface area contributed by atoms with E-state index in [1.54, 1.807) is 24.3 Å². The molecule has 0 amide bonds. The highest BCUT2D eigenvalue weighted by atomic mass is 35.5. The average molecular weight is 306 g/mol. The van der Waals surface area contributed by atoms with Crippen LogP contribution in [0.15, 0.2) is 24.3 Å². The van der Waals surface area contributed by atoms with Crippen molar-refractivity contribution in [3.8, 4) is 0 Å². The number of carbonyl (C=O) groups is 1. The molecule has 1 aromatic carbocycles. The second-order valence-electron chi connectivity index (χ2n) is 4.16. The highest BCUT2D eigenvalue weighted by Crippen LogP contribution is 2.20. The number of hydrogen-bond donors (Lipinski definition) is 2. The number of carboxylic acid groups (broad SMARTS) is 1. The van der Waals surface area contributed by atoms with Crippen molar-refractivity contribution in [2.75, 3.05) is 0 Å². The first-order chi connectivity index (χ1) is 8.77. The van der Waals surface area contributed by atoms with Gasteiger partial charge in [-0.05, 0) is 31.0 Å². The van der Waals surface area contributed by atoms with Crippen LogP contribution >= 0.6 is 11.6 Å². The zero-order chi connectivity index (χ0) is 14.6. The van der Waals surface area contributed by atoms with Crippen molar-refractivity contribution in [3.63, 3.8) is 0 Å². The highest BCUT2D eigenvalue weighted by Gasteiger charge is 2.29. The van der Waals surface area contributed by atoms with Gasteiger partial charge in [-0.3, -0.25) is 4.79 Å². The second kappa shape index (κ2) is 6.36. The van der Waals surface area contributed by atoms with Crippen molar-refractivity contribution >= 4 is 27.6 Å². The minimum atomic E-state index is -3.91. The molecule has 0 saturated heterocycles. The molecule has 0 spiro atoms. The molecule has 106 valence electrons. The molecule has 0 aliphatic rings. The molecule has 1 aromatic rings.